The summed E-state index contributed by atoms with van der Waals surface area (Å²) < 4.78 is 99.6. The summed E-state index contributed by atoms with van der Waals surface area (Å²) in [5, 5.41) is 24.1. The molecule has 4 rings (SSSR count). The zero-order valence-corrected chi connectivity index (χ0v) is 23.8. The van der Waals surface area contributed by atoms with E-state index in [4.69, 9.17) is 19.0 Å². The first-order valence-electron chi connectivity index (χ1n) is 11.4. The molecule has 26 heteroatoms. The van der Waals surface area contributed by atoms with E-state index >= 15 is 0 Å². The molecule has 6 N–H and O–H groups in total. The van der Waals surface area contributed by atoms with Crippen molar-refractivity contribution >= 4 is 34.4 Å². The molecule has 2 aromatic heterocycles. The van der Waals surface area contributed by atoms with Gasteiger partial charge >= 0.3 is 35.5 Å². The summed E-state index contributed by atoms with van der Waals surface area (Å²) in [6, 6.07) is 4.15. The number of alkyl halides is 3. The van der Waals surface area contributed by atoms with Crippen LogP contribution in [0.25, 0.3) is 11.0 Å². The Balaban J connectivity index is 1.55. The van der Waals surface area contributed by atoms with Crippen LogP contribution in [0.2, 0.25) is 0 Å². The van der Waals surface area contributed by atoms with E-state index < -0.39 is 84.5 Å². The van der Waals surface area contributed by atoms with Crippen LogP contribution in [0.5, 0.6) is 5.75 Å². The summed E-state index contributed by atoms with van der Waals surface area (Å²) in [6.07, 6.45) is -11.9. The molecular weight excluding hydrogens is 680 g/mol. The van der Waals surface area contributed by atoms with Crippen LogP contribution >= 0.6 is 23.5 Å². The fourth-order valence-corrected chi connectivity index (χ4v) is 6.96. The van der Waals surface area contributed by atoms with Gasteiger partial charge in [0, 0.05) is 12.3 Å². The summed E-state index contributed by atoms with van der Waals surface area (Å²) in [5.74, 6) is -0.743. The smallest absolute Gasteiger partial charge is 0.405 e. The van der Waals surface area contributed by atoms with E-state index in [1.54, 1.807) is 0 Å². The molecule has 0 amide bonds. The third-order valence-electron chi connectivity index (χ3n) is 5.59. The molecule has 0 aliphatic carbocycles. The van der Waals surface area contributed by atoms with Gasteiger partial charge in [-0.05, 0) is 12.1 Å². The van der Waals surface area contributed by atoms with E-state index in [1.165, 1.54) is 12.1 Å². The molecule has 1 aliphatic rings. The van der Waals surface area contributed by atoms with Gasteiger partial charge in [0.2, 0.25) is 0 Å². The molecule has 3 aromatic rings. The summed E-state index contributed by atoms with van der Waals surface area (Å²) in [5.41, 5.74) is -2.75. The van der Waals surface area contributed by atoms with Crippen molar-refractivity contribution in [3.05, 3.63) is 57.0 Å². The Kier molecular flexibility index (Phi) is 9.47. The monoisotopic (exact) mass is 699 g/mol. The van der Waals surface area contributed by atoms with Gasteiger partial charge in [-0.25, -0.2) is 18.5 Å². The van der Waals surface area contributed by atoms with Crippen molar-refractivity contribution in [2.24, 2.45) is 0 Å². The molecule has 0 radical (unpaired) electrons. The number of halogens is 3. The van der Waals surface area contributed by atoms with Gasteiger partial charge in [0.15, 0.2) is 11.8 Å². The van der Waals surface area contributed by atoms with Crippen LogP contribution in [0.15, 0.2) is 44.6 Å². The van der Waals surface area contributed by atoms with E-state index in [1.807, 2.05) is 0 Å². The van der Waals surface area contributed by atoms with Crippen molar-refractivity contribution in [1.29, 1.82) is 0 Å². The second-order valence-electron chi connectivity index (χ2n) is 8.67. The maximum absolute atomic E-state index is 13.2. The lowest BCUT2D eigenvalue weighted by molar-refractivity contribution is -0.274. The maximum atomic E-state index is 13.2. The van der Waals surface area contributed by atoms with Crippen LogP contribution in [-0.2, 0) is 38.1 Å². The largest absolute Gasteiger partial charge is 0.573 e. The number of hydrogen-bond donors (Lipinski definition) is 6. The van der Waals surface area contributed by atoms with Gasteiger partial charge in [-0.1, -0.05) is 11.2 Å². The molecule has 20 nitrogen and oxygen atoms in total. The molecule has 1 saturated heterocycles. The summed E-state index contributed by atoms with van der Waals surface area (Å²) in [6.45, 7) is -1.97. The summed E-state index contributed by atoms with van der Waals surface area (Å²) >= 11 is 0. The third kappa shape index (κ3) is 8.09. The number of nitrogens with zero attached hydrogens (tertiary/aromatic N) is 3. The summed E-state index contributed by atoms with van der Waals surface area (Å²) in [4.78, 5) is 61.7. The average Bonchev–Trinajstić information content (AvgIpc) is 3.39. The first-order chi connectivity index (χ1) is 20.2. The number of aliphatic hydroxyl groups excluding tert-OH is 2. The molecular formula is C18H19F3N3O17P3. The van der Waals surface area contributed by atoms with Gasteiger partial charge in [0.25, 0.3) is 5.56 Å². The summed E-state index contributed by atoms with van der Waals surface area (Å²) in [7, 11) is -17.2. The second kappa shape index (κ2) is 12.2. The van der Waals surface area contributed by atoms with Crippen LogP contribution in [0, 0.1) is 0 Å². The highest BCUT2D eigenvalue weighted by Crippen LogP contribution is 2.66. The van der Waals surface area contributed by atoms with Crippen LogP contribution < -0.4 is 16.0 Å². The minimum atomic E-state index is -5.86. The lowest BCUT2D eigenvalue weighted by Crippen LogP contribution is -2.43. The Labute approximate surface area is 239 Å². The number of ether oxygens (including phenoxy) is 2. The maximum Gasteiger partial charge on any atom is 0.573 e. The zero-order chi connectivity index (χ0) is 32.8. The molecule has 44 heavy (non-hydrogen) atoms. The van der Waals surface area contributed by atoms with Gasteiger partial charge in [-0.3, -0.25) is 18.5 Å². The number of aromatic nitrogens is 3. The van der Waals surface area contributed by atoms with Gasteiger partial charge in [-0.15, -0.1) is 13.2 Å². The third-order valence-corrected chi connectivity index (χ3v) is 9.39. The lowest BCUT2D eigenvalue weighted by atomic mass is 10.1. The molecule has 1 aromatic carbocycles. The van der Waals surface area contributed by atoms with Crippen molar-refractivity contribution < 1.29 is 83.8 Å². The van der Waals surface area contributed by atoms with Gasteiger partial charge in [-0.2, -0.15) is 8.62 Å². The standard InChI is InChI=1S/C18H19F3N3O17P3/c19-18(20,21)38-9-2-1-3-10-13(9)8(22-39-10)6-24-12(25)4-5-23(17(24)28)16-15(27)14(26)11(37-16)7-36-43(32,33)41-44(34,35)40-42(29,30)31/h1-5,11,14-16,26-27H,6-7H2,(H,32,33)(H,34,35)(H2,29,30,31)/t11-,14+,15?,16-/m1/s1. The topological polar surface area (TPSA) is 289 Å². The first-order valence-corrected chi connectivity index (χ1v) is 15.9. The molecule has 3 unspecified atom stereocenters. The van der Waals surface area contributed by atoms with Crippen LogP contribution in [0.4, 0.5) is 13.2 Å². The van der Waals surface area contributed by atoms with Crippen LogP contribution in [0.1, 0.15) is 11.9 Å². The Morgan fingerprint density at radius 3 is 2.30 bits per heavy atom. The first kappa shape index (κ1) is 34.1. The number of phosphoric acid groups is 3. The van der Waals surface area contributed by atoms with Crippen molar-refractivity contribution in [2.75, 3.05) is 6.61 Å². The van der Waals surface area contributed by atoms with Gasteiger partial charge in [0.05, 0.1) is 18.5 Å². The highest BCUT2D eigenvalue weighted by Gasteiger charge is 2.47. The molecule has 0 bridgehead atoms. The molecule has 6 atom stereocenters. The number of rotatable bonds is 11. The highest BCUT2D eigenvalue weighted by atomic mass is 31.3. The normalized spacial score (nSPS) is 23.8. The number of hydrogen-bond acceptors (Lipinski definition) is 14. The second-order valence-corrected chi connectivity index (χ2v) is 13.1. The van der Waals surface area contributed by atoms with Crippen molar-refractivity contribution in [2.45, 2.75) is 37.4 Å². The minimum absolute atomic E-state index is 0.178. The van der Waals surface area contributed by atoms with Crippen molar-refractivity contribution in [1.82, 2.24) is 14.3 Å². The quantitative estimate of drug-likeness (QED) is 0.144. The molecule has 244 valence electrons. The van der Waals surface area contributed by atoms with Crippen LogP contribution in [-0.4, -0.2) is 75.4 Å². The van der Waals surface area contributed by atoms with E-state index in [2.05, 4.69) is 23.0 Å². The van der Waals surface area contributed by atoms with Gasteiger partial charge < -0.3 is 43.8 Å². The molecule has 1 aliphatic heterocycles. The van der Waals surface area contributed by atoms with Crippen molar-refractivity contribution in [3.63, 3.8) is 0 Å². The Bertz CT molecular complexity index is 1800. The zero-order valence-electron chi connectivity index (χ0n) is 21.1. The van der Waals surface area contributed by atoms with E-state index in [-0.39, 0.29) is 16.7 Å². The number of benzene rings is 1. The molecule has 1 fully saturated rings. The minimum Gasteiger partial charge on any atom is -0.405 e. The van der Waals surface area contributed by atoms with Crippen LogP contribution in [0.3, 0.4) is 0 Å². The fraction of sp³-hybridized carbons (Fsp3) is 0.389. The van der Waals surface area contributed by atoms with Crippen molar-refractivity contribution in [3.8, 4) is 5.75 Å². The Hall–Kier alpha value is -2.75. The average molecular weight is 699 g/mol. The lowest BCUT2D eigenvalue weighted by Gasteiger charge is -2.19. The SMILES string of the molecule is O=c1ccn([C@@H]2O[C@H](COP(=O)(O)OP(=O)(O)OP(=O)(O)O)[C@H](O)C2O)c(=O)n1Cc1noc2cccc(OC(F)(F)F)c12. The Morgan fingerprint density at radius 1 is 0.977 bits per heavy atom. The van der Waals surface area contributed by atoms with Gasteiger partial charge in [0.1, 0.15) is 29.8 Å². The molecule has 0 spiro atoms. The molecule has 3 heterocycles. The van der Waals surface area contributed by atoms with E-state index in [0.29, 0.717) is 9.13 Å². The molecule has 0 saturated carbocycles. The predicted molar refractivity (Wildman–Crippen MR) is 130 cm³/mol. The number of fused-ring (bicyclic) bond motifs is 1. The van der Waals surface area contributed by atoms with E-state index in [9.17, 15) is 56.5 Å². The Morgan fingerprint density at radius 2 is 1.66 bits per heavy atom. The van der Waals surface area contributed by atoms with E-state index in [0.717, 1.165) is 18.3 Å². The number of phosphoric ester groups is 1. The fourth-order valence-electron chi connectivity index (χ4n) is 3.93. The predicted octanol–water partition coefficient (Wildman–Crippen LogP) is 0.0606. The highest BCUT2D eigenvalue weighted by molar-refractivity contribution is 7.66. The number of aliphatic hydroxyl groups is 2.